The summed E-state index contributed by atoms with van der Waals surface area (Å²) in [4.78, 5) is 32.0. The minimum Gasteiger partial charge on any atom is -0.340 e. The smallest absolute Gasteiger partial charge is 0.340 e. The van der Waals surface area contributed by atoms with Gasteiger partial charge in [0.05, 0.1) is 10.8 Å². The van der Waals surface area contributed by atoms with Crippen molar-refractivity contribution in [1.29, 1.82) is 0 Å². The van der Waals surface area contributed by atoms with Crippen molar-refractivity contribution in [2.45, 2.75) is 88.6 Å². The lowest BCUT2D eigenvalue weighted by Crippen LogP contribution is -2.50. The fourth-order valence-corrected chi connectivity index (χ4v) is 6.94. The normalized spacial score (nSPS) is 20.2. The number of hydrogen-bond acceptors (Lipinski definition) is 6. The van der Waals surface area contributed by atoms with Crippen molar-refractivity contribution in [3.8, 4) is 0 Å². The summed E-state index contributed by atoms with van der Waals surface area (Å²) in [7, 11) is -3.85. The summed E-state index contributed by atoms with van der Waals surface area (Å²) < 4.78 is 63.9. The summed E-state index contributed by atoms with van der Waals surface area (Å²) in [6.07, 6.45) is 0.721. The van der Waals surface area contributed by atoms with Crippen molar-refractivity contribution in [1.82, 2.24) is 15.0 Å². The van der Waals surface area contributed by atoms with Crippen LogP contribution in [0.4, 0.5) is 13.2 Å². The predicted molar refractivity (Wildman–Crippen MR) is 143 cm³/mol. The van der Waals surface area contributed by atoms with Gasteiger partial charge in [0.2, 0.25) is 10.0 Å². The number of sulfonamides is 1. The third kappa shape index (κ3) is 7.47. The van der Waals surface area contributed by atoms with Crippen LogP contribution in [0, 0.1) is 6.92 Å². The highest BCUT2D eigenvalue weighted by molar-refractivity contribution is 7.91. The maximum atomic E-state index is 13.4. The third-order valence-electron chi connectivity index (χ3n) is 6.93. The standard InChI is InChI=1S/C27H32F3N3O4S2/c1-17-8-10-18(11-9-17)21-15-26(2,32-23(34)22(21)24(35)33-39(36,37)20-12-13-20)25-31-16-19(38-25)7-5-3-4-6-14-27(28,29)30/h8-11,16,20H,3-7,12-15H2,1-2H3,(H,32,34)(H,33,35)/t26-/m0/s1. The summed E-state index contributed by atoms with van der Waals surface area (Å²) in [5.74, 6) is -1.62. The highest BCUT2D eigenvalue weighted by Gasteiger charge is 2.44. The maximum Gasteiger partial charge on any atom is 0.389 e. The number of nitrogens with zero attached hydrogens (tertiary/aromatic N) is 1. The van der Waals surface area contributed by atoms with Crippen LogP contribution in [0.3, 0.4) is 0 Å². The predicted octanol–water partition coefficient (Wildman–Crippen LogP) is 5.30. The van der Waals surface area contributed by atoms with Gasteiger partial charge in [-0.2, -0.15) is 13.2 Å². The number of nitrogens with one attached hydrogen (secondary N) is 2. The van der Waals surface area contributed by atoms with Crippen molar-refractivity contribution in [2.24, 2.45) is 0 Å². The Kier molecular flexibility index (Phi) is 8.55. The minimum absolute atomic E-state index is 0.119. The summed E-state index contributed by atoms with van der Waals surface area (Å²) in [6, 6.07) is 7.33. The van der Waals surface area contributed by atoms with Gasteiger partial charge in [-0.15, -0.1) is 11.3 Å². The van der Waals surface area contributed by atoms with E-state index in [-0.39, 0.29) is 18.4 Å². The van der Waals surface area contributed by atoms with Gasteiger partial charge in [-0.05, 0) is 57.1 Å². The van der Waals surface area contributed by atoms with Crippen LogP contribution in [0.2, 0.25) is 0 Å². The van der Waals surface area contributed by atoms with Crippen molar-refractivity contribution in [3.05, 3.63) is 57.0 Å². The van der Waals surface area contributed by atoms with E-state index in [4.69, 9.17) is 0 Å². The second kappa shape index (κ2) is 11.4. The molecule has 7 nitrogen and oxygen atoms in total. The first-order chi connectivity index (χ1) is 18.3. The lowest BCUT2D eigenvalue weighted by Gasteiger charge is -2.35. The number of carbonyl (C=O) groups excluding carboxylic acids is 2. The number of thiazole rings is 1. The zero-order valence-electron chi connectivity index (χ0n) is 21.9. The van der Waals surface area contributed by atoms with Gasteiger partial charge in [-0.1, -0.05) is 42.7 Å². The number of alkyl halides is 3. The van der Waals surface area contributed by atoms with E-state index in [9.17, 15) is 31.2 Å². The Morgan fingerprint density at radius 1 is 1.15 bits per heavy atom. The van der Waals surface area contributed by atoms with E-state index in [2.05, 4.69) is 15.0 Å². The number of unbranched alkanes of at least 4 members (excludes halogenated alkanes) is 3. The molecule has 1 atom stereocenters. The molecule has 0 radical (unpaired) electrons. The van der Waals surface area contributed by atoms with Crippen LogP contribution >= 0.6 is 11.3 Å². The fraction of sp³-hybridized carbons (Fsp3) is 0.519. The van der Waals surface area contributed by atoms with Crippen molar-refractivity contribution in [2.75, 3.05) is 0 Å². The Labute approximate surface area is 230 Å². The maximum absolute atomic E-state index is 13.4. The molecule has 12 heteroatoms. The first kappa shape index (κ1) is 29.3. The van der Waals surface area contributed by atoms with Gasteiger partial charge in [0.1, 0.15) is 10.6 Å². The fourth-order valence-electron chi connectivity index (χ4n) is 4.60. The number of benzene rings is 1. The van der Waals surface area contributed by atoms with Crippen LogP contribution in [0.25, 0.3) is 5.57 Å². The molecule has 39 heavy (non-hydrogen) atoms. The molecule has 212 valence electrons. The molecule has 2 aromatic rings. The molecule has 0 bridgehead atoms. The summed E-state index contributed by atoms with van der Waals surface area (Å²) >= 11 is 1.41. The number of rotatable bonds is 11. The molecule has 0 spiro atoms. The molecular formula is C27H32F3N3O4S2. The van der Waals surface area contributed by atoms with Gasteiger partial charge in [0.15, 0.2) is 0 Å². The zero-order valence-corrected chi connectivity index (χ0v) is 23.5. The molecule has 1 aromatic heterocycles. The quantitative estimate of drug-likeness (QED) is 0.276. The zero-order chi connectivity index (χ0) is 28.4. The van der Waals surface area contributed by atoms with E-state index in [0.717, 1.165) is 16.9 Å². The van der Waals surface area contributed by atoms with Gasteiger partial charge in [-0.25, -0.2) is 18.1 Å². The Bertz CT molecular complexity index is 1360. The minimum atomic E-state index is -4.12. The molecule has 2 aliphatic rings. The van der Waals surface area contributed by atoms with Crippen LogP contribution in [-0.2, 0) is 31.6 Å². The first-order valence-electron chi connectivity index (χ1n) is 13.0. The van der Waals surface area contributed by atoms with Crippen LogP contribution in [0.1, 0.15) is 79.3 Å². The third-order valence-corrected chi connectivity index (χ3v) is 10.1. The van der Waals surface area contributed by atoms with E-state index in [1.807, 2.05) is 26.0 Å². The summed E-state index contributed by atoms with van der Waals surface area (Å²) in [6.45, 7) is 3.73. The Morgan fingerprint density at radius 3 is 2.46 bits per heavy atom. The second-order valence-electron chi connectivity index (χ2n) is 10.5. The highest BCUT2D eigenvalue weighted by Crippen LogP contribution is 2.40. The Balaban J connectivity index is 1.52. The van der Waals surface area contributed by atoms with E-state index in [1.165, 1.54) is 11.3 Å². The van der Waals surface area contributed by atoms with E-state index in [1.54, 1.807) is 18.3 Å². The summed E-state index contributed by atoms with van der Waals surface area (Å²) in [5, 5.41) is 2.91. The van der Waals surface area contributed by atoms with Crippen molar-refractivity contribution in [3.63, 3.8) is 0 Å². The van der Waals surface area contributed by atoms with Gasteiger partial charge in [-0.3, -0.25) is 9.59 Å². The van der Waals surface area contributed by atoms with E-state index < -0.39 is 45.2 Å². The number of aryl methyl sites for hydroxylation is 2. The van der Waals surface area contributed by atoms with Gasteiger partial charge in [0.25, 0.3) is 11.8 Å². The van der Waals surface area contributed by atoms with Gasteiger partial charge >= 0.3 is 6.18 Å². The number of carbonyl (C=O) groups is 2. The average molecular weight is 584 g/mol. The largest absolute Gasteiger partial charge is 0.389 e. The molecule has 2 heterocycles. The van der Waals surface area contributed by atoms with E-state index >= 15 is 0 Å². The topological polar surface area (TPSA) is 105 Å². The SMILES string of the molecule is Cc1ccc(C2=C(C(=O)NS(=O)(=O)C3CC3)C(=O)N[C@](C)(c3ncc(CCCCCCC(F)(F)F)s3)C2)cc1. The molecule has 1 saturated carbocycles. The molecule has 1 aliphatic carbocycles. The molecular weight excluding hydrogens is 551 g/mol. The molecule has 0 saturated heterocycles. The Morgan fingerprint density at radius 2 is 1.82 bits per heavy atom. The number of amides is 2. The van der Waals surface area contributed by atoms with Gasteiger partial charge < -0.3 is 5.32 Å². The molecule has 1 aromatic carbocycles. The van der Waals surface area contributed by atoms with Crippen molar-refractivity contribution < 1.29 is 31.2 Å². The monoisotopic (exact) mass is 583 g/mol. The molecule has 2 amide bonds. The second-order valence-corrected chi connectivity index (χ2v) is 13.6. The molecule has 2 N–H and O–H groups in total. The lowest BCUT2D eigenvalue weighted by atomic mass is 9.82. The Hall–Kier alpha value is -2.73. The molecule has 4 rings (SSSR count). The average Bonchev–Trinajstić information content (AvgIpc) is 3.59. The molecule has 0 unspecified atom stereocenters. The number of hydrogen-bond donors (Lipinski definition) is 2. The lowest BCUT2D eigenvalue weighted by molar-refractivity contribution is -0.135. The van der Waals surface area contributed by atoms with Gasteiger partial charge in [0, 0.05) is 23.9 Å². The first-order valence-corrected chi connectivity index (χ1v) is 15.3. The van der Waals surface area contributed by atoms with Crippen LogP contribution in [-0.4, -0.2) is 36.6 Å². The van der Waals surface area contributed by atoms with Crippen LogP contribution in [0.15, 0.2) is 36.0 Å². The van der Waals surface area contributed by atoms with Crippen LogP contribution in [0.5, 0.6) is 0 Å². The highest BCUT2D eigenvalue weighted by atomic mass is 32.2. The molecule has 1 aliphatic heterocycles. The van der Waals surface area contributed by atoms with E-state index in [0.29, 0.717) is 48.2 Å². The summed E-state index contributed by atoms with van der Waals surface area (Å²) in [5.41, 5.74) is 0.910. The van der Waals surface area contributed by atoms with Crippen LogP contribution < -0.4 is 10.0 Å². The number of aromatic nitrogens is 1. The number of halogens is 3. The molecule has 1 fully saturated rings. The van der Waals surface area contributed by atoms with Crippen molar-refractivity contribution >= 4 is 38.7 Å².